The lowest BCUT2D eigenvalue weighted by molar-refractivity contribution is -0.139. The van der Waals surface area contributed by atoms with Gasteiger partial charge in [0.05, 0.1) is 26.5 Å². The van der Waals surface area contributed by atoms with Crippen LogP contribution < -0.4 is 20.2 Å². The fourth-order valence-electron chi connectivity index (χ4n) is 2.98. The van der Waals surface area contributed by atoms with Gasteiger partial charge in [-0.15, -0.1) is 0 Å². The summed E-state index contributed by atoms with van der Waals surface area (Å²) in [6, 6.07) is 14.0. The van der Waals surface area contributed by atoms with Crippen LogP contribution >= 0.6 is 0 Å². The molecule has 1 aliphatic heterocycles. The lowest BCUT2D eigenvalue weighted by atomic mass is 10.2. The minimum absolute atomic E-state index is 0.120. The van der Waals surface area contributed by atoms with Gasteiger partial charge in [-0.3, -0.25) is 14.4 Å². The van der Waals surface area contributed by atoms with E-state index in [1.165, 1.54) is 6.21 Å². The summed E-state index contributed by atoms with van der Waals surface area (Å²) in [6.45, 7) is 2.18. The van der Waals surface area contributed by atoms with Crippen LogP contribution in [0.15, 0.2) is 53.6 Å². The first-order valence-corrected chi connectivity index (χ1v) is 10.4. The highest BCUT2D eigenvalue weighted by Crippen LogP contribution is 2.16. The molecular weight excluding hydrogens is 428 g/mol. The van der Waals surface area contributed by atoms with Crippen LogP contribution in [0.5, 0.6) is 11.5 Å². The molecule has 33 heavy (non-hydrogen) atoms. The number of para-hydroxylation sites is 1. The number of nitrogens with one attached hydrogen (secondary N) is 2. The second-order valence-electron chi connectivity index (χ2n) is 7.05. The number of carbonyl (C=O) groups excluding carboxylic acids is 3. The number of morpholine rings is 1. The molecule has 3 rings (SSSR count). The summed E-state index contributed by atoms with van der Waals surface area (Å²) in [5.74, 6) is -0.718. The Hall–Kier alpha value is -3.92. The van der Waals surface area contributed by atoms with Gasteiger partial charge in [-0.05, 0) is 29.8 Å². The van der Waals surface area contributed by atoms with E-state index in [4.69, 9.17) is 14.2 Å². The van der Waals surface area contributed by atoms with Crippen molar-refractivity contribution in [1.29, 1.82) is 0 Å². The third kappa shape index (κ3) is 7.32. The fraction of sp³-hybridized carbons (Fsp3) is 0.304. The summed E-state index contributed by atoms with van der Waals surface area (Å²) in [5, 5.41) is 6.34. The highest BCUT2D eigenvalue weighted by molar-refractivity contribution is 6.35. The Kier molecular flexibility index (Phi) is 8.78. The van der Waals surface area contributed by atoms with Crippen molar-refractivity contribution in [3.63, 3.8) is 0 Å². The van der Waals surface area contributed by atoms with Crippen molar-refractivity contribution >= 4 is 23.9 Å². The summed E-state index contributed by atoms with van der Waals surface area (Å²) >= 11 is 0. The molecule has 1 heterocycles. The number of ether oxygens (including phenoxy) is 3. The Labute approximate surface area is 191 Å². The third-order valence-corrected chi connectivity index (χ3v) is 4.82. The second kappa shape index (κ2) is 12.2. The van der Waals surface area contributed by atoms with Crippen LogP contribution in [0.4, 0.5) is 0 Å². The smallest absolute Gasteiger partial charge is 0.329 e. The largest absolute Gasteiger partial charge is 0.497 e. The van der Waals surface area contributed by atoms with Crippen LogP contribution in [-0.4, -0.2) is 68.9 Å². The summed E-state index contributed by atoms with van der Waals surface area (Å²) in [7, 11) is 1.57. The zero-order chi connectivity index (χ0) is 23.5. The van der Waals surface area contributed by atoms with Crippen molar-refractivity contribution in [2.75, 3.05) is 40.0 Å². The quantitative estimate of drug-likeness (QED) is 0.344. The van der Waals surface area contributed by atoms with E-state index in [0.29, 0.717) is 43.4 Å². The number of hydrazone groups is 1. The molecule has 0 saturated carbocycles. The van der Waals surface area contributed by atoms with E-state index in [0.717, 1.165) is 5.56 Å². The normalized spacial score (nSPS) is 13.4. The average Bonchev–Trinajstić information content (AvgIpc) is 2.87. The average molecular weight is 454 g/mol. The first-order valence-electron chi connectivity index (χ1n) is 10.4. The number of rotatable bonds is 8. The molecule has 10 heteroatoms. The van der Waals surface area contributed by atoms with Gasteiger partial charge >= 0.3 is 11.8 Å². The van der Waals surface area contributed by atoms with E-state index < -0.39 is 11.8 Å². The number of nitrogens with zero attached hydrogens (tertiary/aromatic N) is 2. The maximum atomic E-state index is 12.3. The van der Waals surface area contributed by atoms with Gasteiger partial charge < -0.3 is 24.4 Å². The van der Waals surface area contributed by atoms with E-state index in [-0.39, 0.29) is 19.1 Å². The molecule has 0 atom stereocenters. The molecule has 0 bridgehead atoms. The second-order valence-corrected chi connectivity index (χ2v) is 7.05. The van der Waals surface area contributed by atoms with Gasteiger partial charge in [0.15, 0.2) is 6.61 Å². The maximum absolute atomic E-state index is 12.3. The monoisotopic (exact) mass is 454 g/mol. The van der Waals surface area contributed by atoms with Gasteiger partial charge in [0.2, 0.25) is 0 Å². The molecule has 0 radical (unpaired) electrons. The van der Waals surface area contributed by atoms with Crippen LogP contribution in [0.1, 0.15) is 11.1 Å². The molecule has 0 aromatic heterocycles. The van der Waals surface area contributed by atoms with Gasteiger partial charge in [0.1, 0.15) is 11.5 Å². The molecule has 174 valence electrons. The number of hydrogen-bond donors (Lipinski definition) is 2. The van der Waals surface area contributed by atoms with Crippen molar-refractivity contribution < 1.29 is 28.6 Å². The minimum Gasteiger partial charge on any atom is -0.497 e. The fourth-order valence-corrected chi connectivity index (χ4v) is 2.98. The van der Waals surface area contributed by atoms with Crippen molar-refractivity contribution in [3.05, 3.63) is 59.7 Å². The molecule has 2 aromatic carbocycles. The molecule has 0 unspecified atom stereocenters. The first kappa shape index (κ1) is 23.7. The number of amides is 3. The van der Waals surface area contributed by atoms with Crippen molar-refractivity contribution in [2.45, 2.75) is 6.54 Å². The molecule has 0 aliphatic carbocycles. The molecule has 2 N–H and O–H groups in total. The highest BCUT2D eigenvalue weighted by Gasteiger charge is 2.17. The minimum atomic E-state index is -0.902. The molecular formula is C23H26N4O6. The van der Waals surface area contributed by atoms with E-state index in [9.17, 15) is 14.4 Å². The zero-order valence-corrected chi connectivity index (χ0v) is 18.3. The van der Waals surface area contributed by atoms with Crippen LogP contribution in [0, 0.1) is 0 Å². The predicted octanol–water partition coefficient (Wildman–Crippen LogP) is 0.699. The summed E-state index contributed by atoms with van der Waals surface area (Å²) in [5.41, 5.74) is 3.55. The molecule has 2 aromatic rings. The molecule has 1 fully saturated rings. The van der Waals surface area contributed by atoms with Crippen LogP contribution in [0.3, 0.4) is 0 Å². The number of methoxy groups -OCH3 is 1. The van der Waals surface area contributed by atoms with E-state index >= 15 is 0 Å². The molecule has 3 amide bonds. The lowest BCUT2D eigenvalue weighted by Crippen LogP contribution is -2.43. The summed E-state index contributed by atoms with van der Waals surface area (Å²) in [4.78, 5) is 37.9. The first-order chi connectivity index (χ1) is 16.1. The third-order valence-electron chi connectivity index (χ3n) is 4.82. The topological polar surface area (TPSA) is 119 Å². The van der Waals surface area contributed by atoms with Gasteiger partial charge in [0, 0.05) is 25.2 Å². The molecule has 1 saturated heterocycles. The standard InChI is InChI=1S/C23H26N4O6/c1-31-19-8-6-17(7-9-19)14-24-22(29)23(30)26-25-15-18-4-2-3-5-20(18)33-16-21(28)27-10-12-32-13-11-27/h2-9,15H,10-14,16H2,1H3,(H,24,29)(H,26,30)/b25-15-. The van der Waals surface area contributed by atoms with Gasteiger partial charge in [-0.1, -0.05) is 24.3 Å². The maximum Gasteiger partial charge on any atom is 0.329 e. The van der Waals surface area contributed by atoms with Crippen LogP contribution in [-0.2, 0) is 25.7 Å². The van der Waals surface area contributed by atoms with E-state index in [1.807, 2.05) is 0 Å². The summed E-state index contributed by atoms with van der Waals surface area (Å²) < 4.78 is 16.0. The Morgan fingerprint density at radius 3 is 2.52 bits per heavy atom. The zero-order valence-electron chi connectivity index (χ0n) is 18.3. The number of benzene rings is 2. The van der Waals surface area contributed by atoms with E-state index in [2.05, 4.69) is 15.8 Å². The molecule has 0 spiro atoms. The Morgan fingerprint density at radius 2 is 1.79 bits per heavy atom. The SMILES string of the molecule is COc1ccc(CNC(=O)C(=O)N/N=C\c2ccccc2OCC(=O)N2CCOCC2)cc1. The Bertz CT molecular complexity index is 987. The number of carbonyl (C=O) groups is 3. The Balaban J connectivity index is 1.47. The van der Waals surface area contributed by atoms with Crippen LogP contribution in [0.25, 0.3) is 0 Å². The van der Waals surface area contributed by atoms with Gasteiger partial charge in [-0.25, -0.2) is 5.43 Å². The predicted molar refractivity (Wildman–Crippen MR) is 120 cm³/mol. The molecule has 1 aliphatic rings. The van der Waals surface area contributed by atoms with Crippen molar-refractivity contribution in [3.8, 4) is 11.5 Å². The van der Waals surface area contributed by atoms with Gasteiger partial charge in [-0.2, -0.15) is 5.10 Å². The number of hydrogen-bond acceptors (Lipinski definition) is 7. The highest BCUT2D eigenvalue weighted by atomic mass is 16.5. The Morgan fingerprint density at radius 1 is 1.06 bits per heavy atom. The van der Waals surface area contributed by atoms with E-state index in [1.54, 1.807) is 60.5 Å². The van der Waals surface area contributed by atoms with Gasteiger partial charge in [0.25, 0.3) is 5.91 Å². The summed E-state index contributed by atoms with van der Waals surface area (Å²) in [6.07, 6.45) is 1.35. The van der Waals surface area contributed by atoms with Crippen molar-refractivity contribution in [1.82, 2.24) is 15.6 Å². The van der Waals surface area contributed by atoms with Crippen LogP contribution in [0.2, 0.25) is 0 Å². The van der Waals surface area contributed by atoms with Crippen molar-refractivity contribution in [2.24, 2.45) is 5.10 Å². The molecule has 10 nitrogen and oxygen atoms in total. The lowest BCUT2D eigenvalue weighted by Gasteiger charge is -2.26.